The zero-order valence-electron chi connectivity index (χ0n) is 36.8. The Kier molecular flexibility index (Phi) is 15.0. The summed E-state index contributed by atoms with van der Waals surface area (Å²) in [5, 5.41) is 54.0. The molecule has 1 heterocycles. The number of carbonyl (C=O) groups excluding carboxylic acids is 1. The van der Waals surface area contributed by atoms with Gasteiger partial charge in [-0.25, -0.2) is 0 Å². The standard InChI is InChI=1S/C51H72N2O7/c1-36-13-14-41(30-39-10-8-11-40(29-39)31-47(4,53-33-36)23-27-59-6)37(2)9-7-12-43(35-60-28-26-55)44-16-18-50-46-45(38(3)34-56)42(32-49(50,57)21-24-52-5)15-17-48(46,22-25-54)19-20-51(44,50)58/h7-13,15,17,19-20,29,34,41-42,44,46,52-55,57-58H,2,14,16,18,21-28,30-33,35H2,1,3-6H3/t41-,42-,44-,46+,47+,48-,49-,50+,51-/m1/s1. The van der Waals surface area contributed by atoms with Crippen molar-refractivity contribution in [1.29, 1.82) is 0 Å². The van der Waals surface area contributed by atoms with Crippen molar-refractivity contribution >= 4 is 6.29 Å². The summed E-state index contributed by atoms with van der Waals surface area (Å²) in [7, 11) is 3.63. The van der Waals surface area contributed by atoms with Crippen molar-refractivity contribution in [3.63, 3.8) is 0 Å². The van der Waals surface area contributed by atoms with Gasteiger partial charge in [0.25, 0.3) is 0 Å². The van der Waals surface area contributed by atoms with Crippen molar-refractivity contribution in [3.8, 4) is 0 Å². The number of rotatable bonds is 17. The summed E-state index contributed by atoms with van der Waals surface area (Å²) in [6.07, 6.45) is 23.5. The minimum absolute atomic E-state index is 0.0715. The number of aliphatic hydroxyl groups is 4. The number of fused-ring (bicyclic) bond motifs is 3. The average Bonchev–Trinajstić information content (AvgIpc) is 3.55. The van der Waals surface area contributed by atoms with Crippen LogP contribution in [0.1, 0.15) is 76.8 Å². The Morgan fingerprint density at radius 2 is 1.88 bits per heavy atom. The Hall–Kier alpha value is -3.25. The first-order valence-electron chi connectivity index (χ1n) is 22.3. The van der Waals surface area contributed by atoms with Crippen LogP contribution < -0.4 is 10.6 Å². The summed E-state index contributed by atoms with van der Waals surface area (Å²) in [5.41, 5.74) is 2.75. The maximum atomic E-state index is 13.6. The largest absolute Gasteiger partial charge is 0.396 e. The summed E-state index contributed by atoms with van der Waals surface area (Å²) in [6, 6.07) is 8.92. The molecular weight excluding hydrogens is 753 g/mol. The Labute approximate surface area is 359 Å². The number of nitrogens with one attached hydrogen (secondary N) is 2. The van der Waals surface area contributed by atoms with E-state index in [9.17, 15) is 25.2 Å². The molecule has 1 spiro atoms. The van der Waals surface area contributed by atoms with Gasteiger partial charge in [0.15, 0.2) is 0 Å². The number of methoxy groups -OCH3 is 1. The van der Waals surface area contributed by atoms with Crippen LogP contribution in [0.3, 0.4) is 0 Å². The van der Waals surface area contributed by atoms with Crippen LogP contribution in [0.25, 0.3) is 0 Å². The highest BCUT2D eigenvalue weighted by Crippen LogP contribution is 2.75. The minimum atomic E-state index is -1.50. The highest BCUT2D eigenvalue weighted by molar-refractivity contribution is 5.75. The predicted molar refractivity (Wildman–Crippen MR) is 239 cm³/mol. The monoisotopic (exact) mass is 825 g/mol. The quantitative estimate of drug-likeness (QED) is 0.0352. The molecule has 0 aromatic heterocycles. The third-order valence-electron chi connectivity index (χ3n) is 15.0. The van der Waals surface area contributed by atoms with Gasteiger partial charge in [0.1, 0.15) is 6.29 Å². The van der Waals surface area contributed by atoms with Gasteiger partial charge in [-0.15, -0.1) is 0 Å². The van der Waals surface area contributed by atoms with E-state index in [0.717, 1.165) is 55.2 Å². The number of carbonyl (C=O) groups is 1. The van der Waals surface area contributed by atoms with Crippen LogP contribution in [-0.2, 0) is 27.1 Å². The molecule has 4 bridgehead atoms. The van der Waals surface area contributed by atoms with Crippen molar-refractivity contribution in [2.24, 2.45) is 34.5 Å². The molecule has 4 aliphatic carbocycles. The zero-order valence-corrected chi connectivity index (χ0v) is 36.8. The van der Waals surface area contributed by atoms with Crippen LogP contribution in [0.5, 0.6) is 0 Å². The van der Waals surface area contributed by atoms with Crippen molar-refractivity contribution < 1.29 is 34.7 Å². The Morgan fingerprint density at radius 3 is 2.62 bits per heavy atom. The molecule has 0 radical (unpaired) electrons. The van der Waals surface area contributed by atoms with E-state index in [1.807, 2.05) is 38.3 Å². The Bertz CT molecular complexity index is 1900. The molecule has 60 heavy (non-hydrogen) atoms. The van der Waals surface area contributed by atoms with Crippen LogP contribution in [-0.4, -0.2) is 104 Å². The highest BCUT2D eigenvalue weighted by Gasteiger charge is 2.77. The van der Waals surface area contributed by atoms with Gasteiger partial charge in [0.05, 0.1) is 31.0 Å². The lowest BCUT2D eigenvalue weighted by molar-refractivity contribution is -0.233. The average molecular weight is 825 g/mol. The third-order valence-corrected chi connectivity index (χ3v) is 15.0. The van der Waals surface area contributed by atoms with Crippen molar-refractivity contribution in [2.45, 2.75) is 95.3 Å². The SMILES string of the molecule is C=C(C=CC=C(COCCO)[C@H]1CC[C@@]23[C@H]4C(=C(C)C=O)[C@H](C=C[C@]4(CCO)C=C[C@@]12O)C[C@]3(O)CCNC)[C@@H]1CC=C(C)CN[C@@](C)(CCOC)Cc2cccc(c2)C1. The number of hydrogen-bond donors (Lipinski definition) is 6. The van der Waals surface area contributed by atoms with Crippen LogP contribution in [0.15, 0.2) is 107 Å². The van der Waals surface area contributed by atoms with Gasteiger partial charge >= 0.3 is 0 Å². The van der Waals surface area contributed by atoms with E-state index in [4.69, 9.17) is 9.47 Å². The number of aliphatic hydroxyl groups excluding tert-OH is 2. The molecule has 9 heteroatoms. The van der Waals surface area contributed by atoms with Crippen LogP contribution in [0.2, 0.25) is 0 Å². The second kappa shape index (κ2) is 19.4. The predicted octanol–water partition coefficient (Wildman–Crippen LogP) is 6.30. The number of aldehydes is 1. The van der Waals surface area contributed by atoms with Crippen molar-refractivity contribution in [1.82, 2.24) is 10.6 Å². The Balaban J connectivity index is 1.37. The first-order chi connectivity index (χ1) is 28.8. The molecule has 1 aromatic rings. The molecule has 0 saturated heterocycles. The van der Waals surface area contributed by atoms with E-state index in [0.29, 0.717) is 50.8 Å². The number of benzene rings is 1. The van der Waals surface area contributed by atoms with E-state index in [2.05, 4.69) is 79.6 Å². The molecule has 5 aliphatic rings. The fourth-order valence-corrected chi connectivity index (χ4v) is 12.0. The summed E-state index contributed by atoms with van der Waals surface area (Å²) in [6.45, 7) is 13.1. The van der Waals surface area contributed by atoms with Gasteiger partial charge in [-0.1, -0.05) is 96.2 Å². The lowest BCUT2D eigenvalue weighted by Crippen LogP contribution is -2.72. The lowest BCUT2D eigenvalue weighted by atomic mass is 9.37. The summed E-state index contributed by atoms with van der Waals surface area (Å²) < 4.78 is 11.5. The van der Waals surface area contributed by atoms with Gasteiger partial charge in [-0.3, -0.25) is 4.79 Å². The van der Waals surface area contributed by atoms with Gasteiger partial charge in [-0.05, 0) is 120 Å². The molecule has 2 fully saturated rings. The van der Waals surface area contributed by atoms with E-state index in [1.54, 1.807) is 7.11 Å². The molecule has 328 valence electrons. The molecule has 1 aliphatic heterocycles. The number of hydrogen-bond acceptors (Lipinski definition) is 9. The van der Waals surface area contributed by atoms with Crippen molar-refractivity contribution in [2.75, 3.05) is 60.3 Å². The fraction of sp³-hybridized carbons (Fsp3) is 0.588. The highest BCUT2D eigenvalue weighted by atomic mass is 16.5. The van der Waals surface area contributed by atoms with E-state index >= 15 is 0 Å². The van der Waals surface area contributed by atoms with Gasteiger partial charge in [0, 0.05) is 61.0 Å². The number of allylic oxidation sites excluding steroid dienone is 10. The maximum absolute atomic E-state index is 13.6. The first-order valence-corrected chi connectivity index (χ1v) is 22.3. The lowest BCUT2D eigenvalue weighted by Gasteiger charge is -2.68. The van der Waals surface area contributed by atoms with Crippen LogP contribution in [0.4, 0.5) is 0 Å². The third kappa shape index (κ3) is 8.84. The first kappa shape index (κ1) is 46.3. The molecule has 0 amide bonds. The molecule has 9 nitrogen and oxygen atoms in total. The van der Waals surface area contributed by atoms with Gasteiger partial charge < -0.3 is 40.5 Å². The summed E-state index contributed by atoms with van der Waals surface area (Å²) >= 11 is 0. The second-order valence-electron chi connectivity index (χ2n) is 18.8. The second-order valence-corrected chi connectivity index (χ2v) is 18.8. The fourth-order valence-electron chi connectivity index (χ4n) is 12.0. The van der Waals surface area contributed by atoms with E-state index < -0.39 is 33.9 Å². The summed E-state index contributed by atoms with van der Waals surface area (Å²) in [4.78, 5) is 12.6. The zero-order chi connectivity index (χ0) is 43.2. The summed E-state index contributed by atoms with van der Waals surface area (Å²) in [5.74, 6) is -0.805. The molecule has 0 unspecified atom stereocenters. The molecule has 6 N–H and O–H groups in total. The number of ether oxygens (including phenoxy) is 2. The molecule has 6 rings (SSSR count). The molecule has 1 aromatic carbocycles. The maximum Gasteiger partial charge on any atom is 0.145 e. The molecular formula is C51H72N2O7. The molecule has 2 saturated carbocycles. The molecule has 9 atom stereocenters. The van der Waals surface area contributed by atoms with Crippen molar-refractivity contribution in [3.05, 3.63) is 118 Å². The smallest absolute Gasteiger partial charge is 0.145 e. The van der Waals surface area contributed by atoms with Crippen LogP contribution >= 0.6 is 0 Å². The van der Waals surface area contributed by atoms with Gasteiger partial charge in [-0.2, -0.15) is 0 Å². The van der Waals surface area contributed by atoms with Crippen LogP contribution in [0, 0.1) is 34.5 Å². The topological polar surface area (TPSA) is 141 Å². The van der Waals surface area contributed by atoms with E-state index in [-0.39, 0.29) is 43.8 Å². The minimum Gasteiger partial charge on any atom is -0.396 e. The Morgan fingerprint density at radius 1 is 1.08 bits per heavy atom. The van der Waals surface area contributed by atoms with E-state index in [1.165, 1.54) is 16.7 Å². The van der Waals surface area contributed by atoms with Gasteiger partial charge in [0.2, 0.25) is 0 Å². The normalized spacial score (nSPS) is 36.0.